The van der Waals surface area contributed by atoms with Gasteiger partial charge in [-0.1, -0.05) is 0 Å². The lowest BCUT2D eigenvalue weighted by Gasteiger charge is -2.41. The first-order valence-corrected chi connectivity index (χ1v) is 5.14. The maximum atomic E-state index is 10.6. The summed E-state index contributed by atoms with van der Waals surface area (Å²) in [6, 6.07) is -1.09. The number of carbonyl (C=O) groups is 1. The molecule has 0 aromatic heterocycles. The van der Waals surface area contributed by atoms with Gasteiger partial charge in [0.2, 0.25) is 0 Å². The van der Waals surface area contributed by atoms with E-state index in [9.17, 15) is 15.0 Å². The molecule has 1 heterocycles. The van der Waals surface area contributed by atoms with E-state index in [2.05, 4.69) is 0 Å². The third-order valence-corrected chi connectivity index (χ3v) is 2.63. The fraction of sp³-hybridized carbons (Fsp3) is 0.889. The van der Waals surface area contributed by atoms with Crippen LogP contribution in [-0.2, 0) is 14.3 Å². The number of carboxylic acids is 1. The van der Waals surface area contributed by atoms with Gasteiger partial charge in [0.1, 0.15) is 18.3 Å². The molecule has 1 aliphatic rings. The third kappa shape index (κ3) is 3.12. The molecular formula is C9H17NO7. The Bertz CT molecular complexity index is 274. The average molecular weight is 251 g/mol. The molecule has 0 aromatic rings. The molecular weight excluding hydrogens is 234 g/mol. The number of aliphatic carboxylic acids is 1. The molecule has 1 unspecified atom stereocenters. The predicted octanol–water partition coefficient (Wildman–Crippen LogP) is -2.76. The topological polar surface area (TPSA) is 142 Å². The Morgan fingerprint density at radius 2 is 2.12 bits per heavy atom. The van der Waals surface area contributed by atoms with E-state index >= 15 is 0 Å². The van der Waals surface area contributed by atoms with E-state index in [1.165, 1.54) is 6.92 Å². The first-order chi connectivity index (χ1) is 7.88. The monoisotopic (exact) mass is 251 g/mol. The number of nitrogens with two attached hydrogens (primary N) is 1. The van der Waals surface area contributed by atoms with E-state index in [1.54, 1.807) is 0 Å². The van der Waals surface area contributed by atoms with Crippen LogP contribution in [0.2, 0.25) is 0 Å². The Hall–Kier alpha value is -0.770. The van der Waals surface area contributed by atoms with Gasteiger partial charge in [0, 0.05) is 0 Å². The highest BCUT2D eigenvalue weighted by molar-refractivity contribution is 5.71. The van der Waals surface area contributed by atoms with E-state index in [0.717, 1.165) is 0 Å². The van der Waals surface area contributed by atoms with Crippen molar-refractivity contribution in [2.45, 2.75) is 43.7 Å². The zero-order valence-electron chi connectivity index (χ0n) is 9.26. The fourth-order valence-corrected chi connectivity index (χ4v) is 1.57. The highest BCUT2D eigenvalue weighted by Gasteiger charge is 2.44. The van der Waals surface area contributed by atoms with Crippen LogP contribution in [0.5, 0.6) is 0 Å². The summed E-state index contributed by atoms with van der Waals surface area (Å²) >= 11 is 0. The van der Waals surface area contributed by atoms with Gasteiger partial charge in [-0.05, 0) is 6.92 Å². The van der Waals surface area contributed by atoms with Crippen molar-refractivity contribution in [2.75, 3.05) is 6.61 Å². The van der Waals surface area contributed by atoms with Crippen molar-refractivity contribution in [1.82, 2.24) is 0 Å². The van der Waals surface area contributed by atoms with Gasteiger partial charge in [-0.25, -0.2) is 4.79 Å². The largest absolute Gasteiger partial charge is 0.479 e. The second-order valence-corrected chi connectivity index (χ2v) is 3.90. The molecule has 8 heteroatoms. The van der Waals surface area contributed by atoms with Crippen molar-refractivity contribution in [3.8, 4) is 0 Å². The van der Waals surface area contributed by atoms with Crippen LogP contribution >= 0.6 is 0 Å². The second kappa shape index (κ2) is 5.71. The van der Waals surface area contributed by atoms with E-state index < -0.39 is 49.3 Å². The van der Waals surface area contributed by atoms with Gasteiger partial charge in [-0.2, -0.15) is 0 Å². The van der Waals surface area contributed by atoms with Gasteiger partial charge >= 0.3 is 5.97 Å². The number of aliphatic hydroxyl groups excluding tert-OH is 3. The standard InChI is InChI=1S/C9H17NO7/c1-3(8(13)14)16-7-5(10)9(15)17-4(2-11)6(7)12/h3-7,9,11-12,15H,2,10H2,1H3,(H,13,14)/t3?,4-,5-,6-,7-,9-/m1/s1. The van der Waals surface area contributed by atoms with Crippen LogP contribution in [0.25, 0.3) is 0 Å². The summed E-state index contributed by atoms with van der Waals surface area (Å²) in [4.78, 5) is 10.6. The zero-order chi connectivity index (χ0) is 13.2. The molecule has 8 nitrogen and oxygen atoms in total. The summed E-state index contributed by atoms with van der Waals surface area (Å²) in [5.74, 6) is -1.22. The van der Waals surface area contributed by atoms with Crippen LogP contribution in [0.4, 0.5) is 0 Å². The summed E-state index contributed by atoms with van der Waals surface area (Å²) in [6.07, 6.45) is -6.11. The smallest absolute Gasteiger partial charge is 0.332 e. The highest BCUT2D eigenvalue weighted by atomic mass is 16.6. The Balaban J connectivity index is 2.74. The van der Waals surface area contributed by atoms with E-state index in [0.29, 0.717) is 0 Å². The van der Waals surface area contributed by atoms with Crippen LogP contribution in [-0.4, -0.2) is 69.8 Å². The molecule has 0 aromatic carbocycles. The quantitative estimate of drug-likeness (QED) is 0.361. The van der Waals surface area contributed by atoms with Crippen LogP contribution < -0.4 is 5.73 Å². The Labute approximate surface area is 97.6 Å². The molecule has 100 valence electrons. The van der Waals surface area contributed by atoms with E-state index in [1.807, 2.05) is 0 Å². The lowest BCUT2D eigenvalue weighted by molar-refractivity contribution is -0.262. The molecule has 1 saturated heterocycles. The number of ether oxygens (including phenoxy) is 2. The maximum Gasteiger partial charge on any atom is 0.332 e. The summed E-state index contributed by atoms with van der Waals surface area (Å²) in [7, 11) is 0. The van der Waals surface area contributed by atoms with Crippen molar-refractivity contribution in [1.29, 1.82) is 0 Å². The van der Waals surface area contributed by atoms with Gasteiger partial charge in [-0.3, -0.25) is 0 Å². The maximum absolute atomic E-state index is 10.6. The van der Waals surface area contributed by atoms with Crippen molar-refractivity contribution in [3.05, 3.63) is 0 Å². The minimum Gasteiger partial charge on any atom is -0.479 e. The number of hydrogen-bond donors (Lipinski definition) is 5. The predicted molar refractivity (Wildman–Crippen MR) is 53.9 cm³/mol. The van der Waals surface area contributed by atoms with Crippen molar-refractivity contribution in [3.63, 3.8) is 0 Å². The molecule has 0 amide bonds. The normalized spacial score (nSPS) is 39.9. The Morgan fingerprint density at radius 3 is 2.59 bits per heavy atom. The Morgan fingerprint density at radius 1 is 1.53 bits per heavy atom. The molecule has 6 N–H and O–H groups in total. The van der Waals surface area contributed by atoms with Crippen molar-refractivity contribution in [2.24, 2.45) is 5.73 Å². The van der Waals surface area contributed by atoms with Crippen LogP contribution in [0.1, 0.15) is 6.92 Å². The van der Waals surface area contributed by atoms with Crippen LogP contribution in [0.15, 0.2) is 0 Å². The molecule has 0 spiro atoms. The van der Waals surface area contributed by atoms with Crippen LogP contribution in [0, 0.1) is 0 Å². The van der Waals surface area contributed by atoms with Crippen molar-refractivity contribution < 1.29 is 34.7 Å². The minimum absolute atomic E-state index is 0.535. The lowest BCUT2D eigenvalue weighted by Crippen LogP contribution is -2.63. The first kappa shape index (κ1) is 14.3. The molecule has 17 heavy (non-hydrogen) atoms. The molecule has 1 rings (SSSR count). The van der Waals surface area contributed by atoms with Gasteiger partial charge in [0.05, 0.1) is 12.6 Å². The lowest BCUT2D eigenvalue weighted by atomic mass is 9.97. The minimum atomic E-state index is -1.43. The summed E-state index contributed by atoms with van der Waals surface area (Å²) in [5.41, 5.74) is 5.54. The molecule has 1 fully saturated rings. The summed E-state index contributed by atoms with van der Waals surface area (Å²) < 4.78 is 9.89. The van der Waals surface area contributed by atoms with Crippen molar-refractivity contribution >= 4 is 5.97 Å². The molecule has 6 atom stereocenters. The van der Waals surface area contributed by atoms with Gasteiger partial charge in [0.25, 0.3) is 0 Å². The average Bonchev–Trinajstić information content (AvgIpc) is 2.28. The van der Waals surface area contributed by atoms with E-state index in [4.69, 9.17) is 25.4 Å². The summed E-state index contributed by atoms with van der Waals surface area (Å²) in [6.45, 7) is 0.740. The van der Waals surface area contributed by atoms with Crippen LogP contribution in [0.3, 0.4) is 0 Å². The highest BCUT2D eigenvalue weighted by Crippen LogP contribution is 2.22. The number of carboxylic acid groups (broad SMARTS) is 1. The van der Waals surface area contributed by atoms with E-state index in [-0.39, 0.29) is 0 Å². The third-order valence-electron chi connectivity index (χ3n) is 2.63. The SMILES string of the molecule is CC(O[C@@H]1[C@@H](N)[C@H](O)O[C@H](CO)[C@H]1O)C(=O)O. The molecule has 0 saturated carbocycles. The first-order valence-electron chi connectivity index (χ1n) is 5.14. The zero-order valence-corrected chi connectivity index (χ0v) is 9.26. The number of rotatable bonds is 4. The van der Waals surface area contributed by atoms with Gasteiger partial charge in [0.15, 0.2) is 12.4 Å². The number of hydrogen-bond acceptors (Lipinski definition) is 7. The van der Waals surface area contributed by atoms with Gasteiger partial charge in [-0.15, -0.1) is 0 Å². The second-order valence-electron chi connectivity index (χ2n) is 3.90. The molecule has 0 radical (unpaired) electrons. The summed E-state index contributed by atoms with van der Waals surface area (Å²) in [5, 5.41) is 36.8. The Kier molecular flexibility index (Phi) is 4.80. The fourth-order valence-electron chi connectivity index (χ4n) is 1.57. The molecule has 0 aliphatic carbocycles. The number of aliphatic hydroxyl groups is 3. The molecule has 1 aliphatic heterocycles. The molecule has 0 bridgehead atoms. The van der Waals surface area contributed by atoms with Gasteiger partial charge < -0.3 is 35.6 Å².